The monoisotopic (exact) mass is 385 g/mol. The third-order valence-electron chi connectivity index (χ3n) is 4.20. The van der Waals surface area contributed by atoms with Crippen LogP contribution >= 0.6 is 0 Å². The van der Waals surface area contributed by atoms with Gasteiger partial charge in [-0.05, 0) is 18.9 Å². The molecule has 0 aromatic heterocycles. The molecule has 1 atom stereocenters. The molecule has 9 nitrogen and oxygen atoms in total. The highest BCUT2D eigenvalue weighted by atomic mass is 32.2. The number of carbonyl (C=O) groups is 1. The fourth-order valence-electron chi connectivity index (χ4n) is 2.93. The van der Waals surface area contributed by atoms with Crippen LogP contribution in [0.25, 0.3) is 0 Å². The number of nitro groups is 1. The van der Waals surface area contributed by atoms with Crippen LogP contribution in [-0.2, 0) is 14.9 Å². The molecule has 1 aromatic carbocycles. The lowest BCUT2D eigenvalue weighted by Gasteiger charge is -2.26. The van der Waals surface area contributed by atoms with E-state index in [1.165, 1.54) is 18.2 Å². The minimum atomic E-state index is -4.60. The molecule has 144 valence electrons. The van der Waals surface area contributed by atoms with Gasteiger partial charge < -0.3 is 14.6 Å². The fraction of sp³-hybridized carbons (Fsp3) is 0.562. The number of nitrogens with zero attached hydrogens (tertiary/aromatic N) is 1. The molecule has 0 amide bonds. The zero-order valence-corrected chi connectivity index (χ0v) is 14.9. The van der Waals surface area contributed by atoms with Crippen molar-refractivity contribution < 1.29 is 27.4 Å². The fourth-order valence-corrected chi connectivity index (χ4v) is 3.57. The van der Waals surface area contributed by atoms with Gasteiger partial charge in [0.15, 0.2) is 0 Å². The number of benzene rings is 1. The van der Waals surface area contributed by atoms with Crippen LogP contribution in [0.1, 0.15) is 42.5 Å². The predicted octanol–water partition coefficient (Wildman–Crippen LogP) is 1.59. The Morgan fingerprint density at radius 1 is 1.31 bits per heavy atom. The molecule has 1 saturated carbocycles. The Labute approximate surface area is 151 Å². The van der Waals surface area contributed by atoms with E-state index in [0.717, 1.165) is 38.2 Å². The van der Waals surface area contributed by atoms with Crippen molar-refractivity contribution in [2.75, 3.05) is 12.3 Å². The van der Waals surface area contributed by atoms with Gasteiger partial charge in [-0.2, -0.15) is 0 Å². The number of ether oxygens (including phenoxy) is 1. The van der Waals surface area contributed by atoms with E-state index in [2.05, 4.69) is 5.32 Å². The van der Waals surface area contributed by atoms with Gasteiger partial charge in [0.1, 0.15) is 6.10 Å². The zero-order valence-electron chi connectivity index (χ0n) is 14.1. The number of non-ortho nitro benzene ring substituents is 1. The van der Waals surface area contributed by atoms with Crippen molar-refractivity contribution >= 4 is 21.8 Å². The van der Waals surface area contributed by atoms with Gasteiger partial charge in [0.05, 0.1) is 26.4 Å². The van der Waals surface area contributed by atoms with Gasteiger partial charge in [0.2, 0.25) is 0 Å². The maximum atomic E-state index is 12.2. The molecule has 1 N–H and O–H groups in total. The van der Waals surface area contributed by atoms with Crippen molar-refractivity contribution in [3.63, 3.8) is 0 Å². The van der Waals surface area contributed by atoms with E-state index in [9.17, 15) is 27.9 Å². The molecule has 1 unspecified atom stereocenters. The first-order valence-corrected chi connectivity index (χ1v) is 9.95. The van der Waals surface area contributed by atoms with Gasteiger partial charge in [-0.1, -0.05) is 25.3 Å². The second-order valence-electron chi connectivity index (χ2n) is 6.30. The Kier molecular flexibility index (Phi) is 7.06. The Morgan fingerprint density at radius 2 is 2.00 bits per heavy atom. The van der Waals surface area contributed by atoms with Crippen molar-refractivity contribution in [1.82, 2.24) is 5.32 Å². The van der Waals surface area contributed by atoms with Crippen LogP contribution in [0.2, 0.25) is 0 Å². The van der Waals surface area contributed by atoms with Gasteiger partial charge in [0.25, 0.3) is 5.69 Å². The van der Waals surface area contributed by atoms with Crippen molar-refractivity contribution in [2.45, 2.75) is 44.2 Å². The standard InChI is InChI=1S/C16H22N2O7S/c19-16(12-5-4-8-14(9-12)18(20)21)25-15(11-26(22,23)24)10-17-13-6-2-1-3-7-13/h4-5,8-9,13,15,17H,1-3,6-7,10-11H2,(H,22,23,24)/p-1. The van der Waals surface area contributed by atoms with E-state index in [1.807, 2.05) is 0 Å². The number of nitrogens with one attached hydrogen (secondary N) is 1. The summed E-state index contributed by atoms with van der Waals surface area (Å²) in [7, 11) is -4.60. The summed E-state index contributed by atoms with van der Waals surface area (Å²) < 4.78 is 38.4. The molecule has 2 rings (SSSR count). The highest BCUT2D eigenvalue weighted by molar-refractivity contribution is 7.85. The lowest BCUT2D eigenvalue weighted by molar-refractivity contribution is -0.384. The molecule has 1 aliphatic carbocycles. The van der Waals surface area contributed by atoms with Gasteiger partial charge in [-0.3, -0.25) is 10.1 Å². The smallest absolute Gasteiger partial charge is 0.338 e. The lowest BCUT2D eigenvalue weighted by atomic mass is 9.95. The molecule has 10 heteroatoms. The predicted molar refractivity (Wildman–Crippen MR) is 91.7 cm³/mol. The van der Waals surface area contributed by atoms with Gasteiger partial charge in [0, 0.05) is 24.7 Å². The average molecular weight is 385 g/mol. The van der Waals surface area contributed by atoms with Crippen LogP contribution in [-0.4, -0.2) is 48.3 Å². The molecular formula is C16H21N2O7S-. The van der Waals surface area contributed by atoms with Crippen LogP contribution in [0.5, 0.6) is 0 Å². The minimum absolute atomic E-state index is 0.0345. The van der Waals surface area contributed by atoms with Gasteiger partial charge >= 0.3 is 5.97 Å². The summed E-state index contributed by atoms with van der Waals surface area (Å²) in [5, 5.41) is 13.9. The van der Waals surface area contributed by atoms with E-state index >= 15 is 0 Å². The summed E-state index contributed by atoms with van der Waals surface area (Å²) in [5.41, 5.74) is -0.363. The SMILES string of the molecule is O=C(OC(CNC1CCCCC1)CS(=O)(=O)[O-])c1cccc([N+](=O)[O-])c1. The molecular weight excluding hydrogens is 364 g/mol. The van der Waals surface area contributed by atoms with E-state index in [-0.39, 0.29) is 23.8 Å². The van der Waals surface area contributed by atoms with Crippen molar-refractivity contribution in [3.8, 4) is 0 Å². The molecule has 1 aliphatic rings. The van der Waals surface area contributed by atoms with Crippen LogP contribution in [0, 0.1) is 10.1 Å². The first-order valence-electron chi connectivity index (χ1n) is 8.37. The second kappa shape index (κ2) is 9.06. The highest BCUT2D eigenvalue weighted by Crippen LogP contribution is 2.18. The van der Waals surface area contributed by atoms with Crippen molar-refractivity contribution in [3.05, 3.63) is 39.9 Å². The molecule has 0 bridgehead atoms. The van der Waals surface area contributed by atoms with Gasteiger partial charge in [-0.25, -0.2) is 13.2 Å². The average Bonchev–Trinajstić information content (AvgIpc) is 2.59. The number of esters is 1. The maximum absolute atomic E-state index is 12.2. The quantitative estimate of drug-likeness (QED) is 0.308. The number of nitro benzene ring substituents is 1. The molecule has 0 radical (unpaired) electrons. The van der Waals surface area contributed by atoms with E-state index in [0.29, 0.717) is 0 Å². The minimum Gasteiger partial charge on any atom is -0.748 e. The normalized spacial score (nSPS) is 16.8. The molecule has 1 aromatic rings. The van der Waals surface area contributed by atoms with E-state index in [1.54, 1.807) is 0 Å². The molecule has 0 spiro atoms. The Hall–Kier alpha value is -2.04. The second-order valence-corrected chi connectivity index (χ2v) is 7.75. The topological polar surface area (TPSA) is 139 Å². The summed E-state index contributed by atoms with van der Waals surface area (Å²) in [5.74, 6) is -1.76. The Morgan fingerprint density at radius 3 is 2.62 bits per heavy atom. The van der Waals surface area contributed by atoms with Crippen LogP contribution in [0.4, 0.5) is 5.69 Å². The first kappa shape index (κ1) is 20.3. The van der Waals surface area contributed by atoms with Crippen LogP contribution < -0.4 is 5.32 Å². The zero-order chi connectivity index (χ0) is 19.2. The van der Waals surface area contributed by atoms with Crippen molar-refractivity contribution in [2.24, 2.45) is 0 Å². The summed E-state index contributed by atoms with van der Waals surface area (Å²) in [4.78, 5) is 22.3. The molecule has 1 fully saturated rings. The van der Waals surface area contributed by atoms with Crippen molar-refractivity contribution in [1.29, 1.82) is 0 Å². The molecule has 0 saturated heterocycles. The number of hydrogen-bond acceptors (Lipinski definition) is 8. The number of rotatable bonds is 8. The molecule has 0 heterocycles. The van der Waals surface area contributed by atoms with Crippen LogP contribution in [0.3, 0.4) is 0 Å². The summed E-state index contributed by atoms with van der Waals surface area (Å²) in [6.45, 7) is 0.0345. The largest absolute Gasteiger partial charge is 0.748 e. The first-order chi connectivity index (χ1) is 12.2. The third-order valence-corrected chi connectivity index (χ3v) is 4.98. The number of hydrogen-bond donors (Lipinski definition) is 1. The summed E-state index contributed by atoms with van der Waals surface area (Å²) in [6, 6.07) is 5.11. The third kappa shape index (κ3) is 6.70. The van der Waals surface area contributed by atoms with Crippen LogP contribution in [0.15, 0.2) is 24.3 Å². The van der Waals surface area contributed by atoms with E-state index in [4.69, 9.17) is 4.74 Å². The maximum Gasteiger partial charge on any atom is 0.338 e. The molecule has 26 heavy (non-hydrogen) atoms. The Bertz CT molecular complexity index is 745. The number of carbonyl (C=O) groups excluding carboxylic acids is 1. The molecule has 0 aliphatic heterocycles. The summed E-state index contributed by atoms with van der Waals surface area (Å²) in [6.07, 6.45) is 4.00. The van der Waals surface area contributed by atoms with E-state index < -0.39 is 32.9 Å². The lowest BCUT2D eigenvalue weighted by Crippen LogP contribution is -2.41. The van der Waals surface area contributed by atoms with Gasteiger partial charge in [-0.15, -0.1) is 0 Å². The summed E-state index contributed by atoms with van der Waals surface area (Å²) >= 11 is 0. The highest BCUT2D eigenvalue weighted by Gasteiger charge is 2.22. The Balaban J connectivity index is 2.03.